The van der Waals surface area contributed by atoms with Gasteiger partial charge in [0.05, 0.1) is 0 Å². The Morgan fingerprint density at radius 3 is 2.50 bits per heavy atom. The molecule has 0 heterocycles. The van der Waals surface area contributed by atoms with Crippen LogP contribution in [0.15, 0.2) is 0 Å². The third-order valence-corrected chi connectivity index (χ3v) is 3.47. The molecule has 1 N–H and O–H groups in total. The molecule has 0 amide bonds. The SMILES string of the molecule is CCNC(C)CCN(C)C(C)C1CC1. The molecule has 0 saturated heterocycles. The zero-order chi connectivity index (χ0) is 10.6. The molecule has 1 fully saturated rings. The van der Waals surface area contributed by atoms with Crippen molar-refractivity contribution in [2.45, 2.75) is 52.1 Å². The van der Waals surface area contributed by atoms with Gasteiger partial charge in [-0.1, -0.05) is 6.92 Å². The van der Waals surface area contributed by atoms with Gasteiger partial charge in [0.15, 0.2) is 0 Å². The fourth-order valence-corrected chi connectivity index (χ4v) is 1.99. The first-order chi connectivity index (χ1) is 6.65. The molecule has 2 atom stereocenters. The smallest absolute Gasteiger partial charge is 0.00921 e. The first-order valence-electron chi connectivity index (χ1n) is 6.08. The zero-order valence-corrected chi connectivity index (χ0v) is 10.2. The van der Waals surface area contributed by atoms with E-state index in [9.17, 15) is 0 Å². The Labute approximate surface area is 89.1 Å². The molecular weight excluding hydrogens is 172 g/mol. The number of rotatable bonds is 7. The normalized spacial score (nSPS) is 21.2. The lowest BCUT2D eigenvalue weighted by Gasteiger charge is -2.26. The van der Waals surface area contributed by atoms with Crippen molar-refractivity contribution >= 4 is 0 Å². The molecule has 1 rings (SSSR count). The predicted octanol–water partition coefficient (Wildman–Crippen LogP) is 2.10. The highest BCUT2D eigenvalue weighted by Crippen LogP contribution is 2.34. The molecule has 2 nitrogen and oxygen atoms in total. The summed E-state index contributed by atoms with van der Waals surface area (Å²) >= 11 is 0. The number of nitrogens with zero attached hydrogens (tertiary/aromatic N) is 1. The molecule has 14 heavy (non-hydrogen) atoms. The Balaban J connectivity index is 2.09. The van der Waals surface area contributed by atoms with Gasteiger partial charge in [0.2, 0.25) is 0 Å². The summed E-state index contributed by atoms with van der Waals surface area (Å²) in [5, 5.41) is 3.46. The largest absolute Gasteiger partial charge is 0.314 e. The van der Waals surface area contributed by atoms with Crippen molar-refractivity contribution in [2.24, 2.45) is 5.92 Å². The molecule has 2 heteroatoms. The van der Waals surface area contributed by atoms with Crippen LogP contribution in [0, 0.1) is 5.92 Å². The molecule has 0 radical (unpaired) electrons. The molecule has 0 spiro atoms. The summed E-state index contributed by atoms with van der Waals surface area (Å²) in [7, 11) is 2.27. The molecule has 0 aromatic rings. The van der Waals surface area contributed by atoms with E-state index in [-0.39, 0.29) is 0 Å². The Hall–Kier alpha value is -0.0800. The number of nitrogens with one attached hydrogen (secondary N) is 1. The molecule has 0 aromatic heterocycles. The second-order valence-electron chi connectivity index (χ2n) is 4.81. The van der Waals surface area contributed by atoms with Crippen LogP contribution in [0.1, 0.15) is 40.0 Å². The van der Waals surface area contributed by atoms with E-state index >= 15 is 0 Å². The van der Waals surface area contributed by atoms with Crippen molar-refractivity contribution in [1.82, 2.24) is 10.2 Å². The van der Waals surface area contributed by atoms with Gasteiger partial charge in [-0.15, -0.1) is 0 Å². The van der Waals surface area contributed by atoms with E-state index in [0.717, 1.165) is 18.5 Å². The topological polar surface area (TPSA) is 15.3 Å². The van der Waals surface area contributed by atoms with Crippen molar-refractivity contribution in [3.8, 4) is 0 Å². The van der Waals surface area contributed by atoms with Crippen LogP contribution in [0.3, 0.4) is 0 Å². The van der Waals surface area contributed by atoms with Crippen LogP contribution in [0.4, 0.5) is 0 Å². The van der Waals surface area contributed by atoms with Gasteiger partial charge in [-0.2, -0.15) is 0 Å². The van der Waals surface area contributed by atoms with Crippen molar-refractivity contribution in [3.63, 3.8) is 0 Å². The molecule has 0 bridgehead atoms. The number of hydrogen-bond donors (Lipinski definition) is 1. The van der Waals surface area contributed by atoms with Crippen molar-refractivity contribution in [1.29, 1.82) is 0 Å². The van der Waals surface area contributed by atoms with Crippen LogP contribution in [0.25, 0.3) is 0 Å². The van der Waals surface area contributed by atoms with E-state index in [1.54, 1.807) is 0 Å². The van der Waals surface area contributed by atoms with E-state index in [1.807, 2.05) is 0 Å². The van der Waals surface area contributed by atoms with Gasteiger partial charge in [0, 0.05) is 12.1 Å². The van der Waals surface area contributed by atoms with Crippen LogP contribution in [-0.2, 0) is 0 Å². The monoisotopic (exact) mass is 198 g/mol. The summed E-state index contributed by atoms with van der Waals surface area (Å²) in [6.07, 6.45) is 4.17. The summed E-state index contributed by atoms with van der Waals surface area (Å²) in [4.78, 5) is 2.52. The van der Waals surface area contributed by atoms with Gasteiger partial charge >= 0.3 is 0 Å². The molecule has 1 aliphatic carbocycles. The first kappa shape index (κ1) is 12.0. The zero-order valence-electron chi connectivity index (χ0n) is 10.2. The van der Waals surface area contributed by atoms with E-state index in [1.165, 1.54) is 25.8 Å². The first-order valence-corrected chi connectivity index (χ1v) is 6.08. The minimum Gasteiger partial charge on any atom is -0.314 e. The highest BCUT2D eigenvalue weighted by Gasteiger charge is 2.30. The lowest BCUT2D eigenvalue weighted by Crippen LogP contribution is -2.35. The van der Waals surface area contributed by atoms with Crippen molar-refractivity contribution < 1.29 is 0 Å². The fourth-order valence-electron chi connectivity index (χ4n) is 1.99. The van der Waals surface area contributed by atoms with Crippen molar-refractivity contribution in [2.75, 3.05) is 20.1 Å². The van der Waals surface area contributed by atoms with E-state index in [2.05, 4.69) is 38.0 Å². The van der Waals surface area contributed by atoms with Gasteiger partial charge in [0.1, 0.15) is 0 Å². The minimum atomic E-state index is 0.661. The molecule has 1 saturated carbocycles. The maximum absolute atomic E-state index is 3.46. The van der Waals surface area contributed by atoms with Gasteiger partial charge in [0.25, 0.3) is 0 Å². The Kier molecular flexibility index (Phi) is 4.90. The third kappa shape index (κ3) is 3.97. The Morgan fingerprint density at radius 2 is 2.00 bits per heavy atom. The Bertz CT molecular complexity index is 154. The van der Waals surface area contributed by atoms with Gasteiger partial charge in [-0.3, -0.25) is 0 Å². The summed E-state index contributed by atoms with van der Waals surface area (Å²) in [5.41, 5.74) is 0. The average Bonchev–Trinajstić information content (AvgIpc) is 2.96. The Morgan fingerprint density at radius 1 is 1.36 bits per heavy atom. The quantitative estimate of drug-likeness (QED) is 0.674. The van der Waals surface area contributed by atoms with E-state index in [4.69, 9.17) is 0 Å². The van der Waals surface area contributed by atoms with E-state index in [0.29, 0.717) is 6.04 Å². The maximum atomic E-state index is 3.46. The highest BCUT2D eigenvalue weighted by atomic mass is 15.1. The molecule has 0 aromatic carbocycles. The summed E-state index contributed by atoms with van der Waals surface area (Å²) in [5.74, 6) is 0.995. The van der Waals surface area contributed by atoms with E-state index < -0.39 is 0 Å². The van der Waals surface area contributed by atoms with Crippen LogP contribution < -0.4 is 5.32 Å². The summed E-state index contributed by atoms with van der Waals surface area (Å²) in [6, 6.07) is 1.46. The predicted molar refractivity (Wildman–Crippen MR) is 62.6 cm³/mol. The molecular formula is C12H26N2. The second-order valence-corrected chi connectivity index (χ2v) is 4.81. The highest BCUT2D eigenvalue weighted by molar-refractivity contribution is 4.84. The van der Waals surface area contributed by atoms with Crippen LogP contribution in [0.2, 0.25) is 0 Å². The van der Waals surface area contributed by atoms with Gasteiger partial charge in [-0.05, 0) is 59.2 Å². The second kappa shape index (κ2) is 5.72. The minimum absolute atomic E-state index is 0.661. The maximum Gasteiger partial charge on any atom is 0.00921 e. The lowest BCUT2D eigenvalue weighted by molar-refractivity contribution is 0.224. The van der Waals surface area contributed by atoms with Gasteiger partial charge in [-0.25, -0.2) is 0 Å². The van der Waals surface area contributed by atoms with Crippen molar-refractivity contribution in [3.05, 3.63) is 0 Å². The van der Waals surface area contributed by atoms with Crippen LogP contribution in [-0.4, -0.2) is 37.1 Å². The molecule has 84 valence electrons. The fraction of sp³-hybridized carbons (Fsp3) is 1.00. The lowest BCUT2D eigenvalue weighted by atomic mass is 10.1. The number of hydrogen-bond acceptors (Lipinski definition) is 2. The third-order valence-electron chi connectivity index (χ3n) is 3.47. The molecule has 0 aliphatic heterocycles. The standard InChI is InChI=1S/C12H26N2/c1-5-13-10(2)8-9-14(4)11(3)12-6-7-12/h10-13H,5-9H2,1-4H3. The van der Waals surface area contributed by atoms with Gasteiger partial charge < -0.3 is 10.2 Å². The molecule has 1 aliphatic rings. The van der Waals surface area contributed by atoms with Crippen LogP contribution >= 0.6 is 0 Å². The van der Waals surface area contributed by atoms with Crippen LogP contribution in [0.5, 0.6) is 0 Å². The summed E-state index contributed by atoms with van der Waals surface area (Å²) in [6.45, 7) is 9.14. The summed E-state index contributed by atoms with van der Waals surface area (Å²) < 4.78 is 0. The molecule has 2 unspecified atom stereocenters. The average molecular weight is 198 g/mol.